The fourth-order valence-corrected chi connectivity index (χ4v) is 2.73. The number of nitrogens with zero attached hydrogens (tertiary/aromatic N) is 2. The molecule has 1 atom stereocenters. The first kappa shape index (κ1) is 21.3. The predicted molar refractivity (Wildman–Crippen MR) is 109 cm³/mol. The molecule has 2 rings (SSSR count). The van der Waals surface area contributed by atoms with E-state index in [-0.39, 0.29) is 24.0 Å². The highest BCUT2D eigenvalue weighted by Gasteiger charge is 2.25. The number of aliphatic imine (C=N–C) groups is 1. The predicted octanol–water partition coefficient (Wildman–Crippen LogP) is 3.40. The van der Waals surface area contributed by atoms with Crippen LogP contribution in [0.5, 0.6) is 0 Å². The van der Waals surface area contributed by atoms with Crippen LogP contribution in [-0.4, -0.2) is 50.3 Å². The summed E-state index contributed by atoms with van der Waals surface area (Å²) >= 11 is 0. The lowest BCUT2D eigenvalue weighted by atomic mass is 10.1. The molecule has 0 aliphatic carbocycles. The lowest BCUT2D eigenvalue weighted by molar-refractivity contribution is 0.114. The molecule has 24 heavy (non-hydrogen) atoms. The third-order valence-corrected chi connectivity index (χ3v) is 3.98. The minimum absolute atomic E-state index is 0. The summed E-state index contributed by atoms with van der Waals surface area (Å²) in [4.78, 5) is 7.17. The van der Waals surface area contributed by atoms with Crippen molar-refractivity contribution in [2.45, 2.75) is 33.6 Å². The number of likely N-dealkylation sites (tertiary alicyclic amines) is 1. The van der Waals surface area contributed by atoms with Gasteiger partial charge in [-0.05, 0) is 31.4 Å². The van der Waals surface area contributed by atoms with Gasteiger partial charge in [0.2, 0.25) is 0 Å². The first-order valence-corrected chi connectivity index (χ1v) is 8.82. The van der Waals surface area contributed by atoms with E-state index in [4.69, 9.17) is 14.1 Å². The molecule has 138 valence electrons. The van der Waals surface area contributed by atoms with Gasteiger partial charge in [0.1, 0.15) is 5.76 Å². The van der Waals surface area contributed by atoms with Crippen molar-refractivity contribution >= 4 is 29.9 Å². The van der Waals surface area contributed by atoms with Gasteiger partial charge in [-0.3, -0.25) is 4.99 Å². The summed E-state index contributed by atoms with van der Waals surface area (Å²) in [5.41, 5.74) is 0. The molecule has 1 aromatic rings. The zero-order chi connectivity index (χ0) is 16.5. The summed E-state index contributed by atoms with van der Waals surface area (Å²) < 4.78 is 11.0. The SMILES string of the molecule is CCOCC1CCN(C(=NCC(C)C)NCCc2ccco2)C1.I. The molecule has 0 radical (unpaired) electrons. The van der Waals surface area contributed by atoms with Crippen LogP contribution in [0.1, 0.15) is 33.0 Å². The fraction of sp³-hybridized carbons (Fsp3) is 0.722. The normalized spacial score (nSPS) is 18.1. The van der Waals surface area contributed by atoms with E-state index in [0.717, 1.165) is 57.5 Å². The number of furan rings is 1. The van der Waals surface area contributed by atoms with Crippen LogP contribution in [0, 0.1) is 11.8 Å². The van der Waals surface area contributed by atoms with E-state index in [0.29, 0.717) is 11.8 Å². The molecule has 1 unspecified atom stereocenters. The van der Waals surface area contributed by atoms with Crippen molar-refractivity contribution in [1.29, 1.82) is 0 Å². The van der Waals surface area contributed by atoms with Gasteiger partial charge in [-0.15, -0.1) is 24.0 Å². The maximum Gasteiger partial charge on any atom is 0.193 e. The second-order valence-corrected chi connectivity index (χ2v) is 6.57. The van der Waals surface area contributed by atoms with Crippen molar-refractivity contribution in [3.8, 4) is 0 Å². The van der Waals surface area contributed by atoms with Crippen LogP contribution in [0.2, 0.25) is 0 Å². The molecule has 6 heteroatoms. The highest BCUT2D eigenvalue weighted by Crippen LogP contribution is 2.17. The van der Waals surface area contributed by atoms with E-state index in [1.807, 2.05) is 12.1 Å². The smallest absolute Gasteiger partial charge is 0.193 e. The Morgan fingerprint density at radius 1 is 1.50 bits per heavy atom. The van der Waals surface area contributed by atoms with Gasteiger partial charge in [-0.25, -0.2) is 0 Å². The van der Waals surface area contributed by atoms with Crippen molar-refractivity contribution in [3.05, 3.63) is 24.2 Å². The second-order valence-electron chi connectivity index (χ2n) is 6.57. The maximum atomic E-state index is 5.57. The third-order valence-electron chi connectivity index (χ3n) is 3.98. The topological polar surface area (TPSA) is 50.0 Å². The molecule has 0 bridgehead atoms. The zero-order valence-electron chi connectivity index (χ0n) is 15.2. The molecule has 1 aliphatic heterocycles. The van der Waals surface area contributed by atoms with Gasteiger partial charge in [-0.1, -0.05) is 13.8 Å². The summed E-state index contributed by atoms with van der Waals surface area (Å²) in [6.07, 6.45) is 3.78. The number of rotatable bonds is 8. The molecule has 1 N–H and O–H groups in total. The molecule has 5 nitrogen and oxygen atoms in total. The molecular weight excluding hydrogens is 417 g/mol. The Kier molecular flexibility index (Phi) is 10.4. The van der Waals surface area contributed by atoms with E-state index in [1.165, 1.54) is 6.42 Å². The van der Waals surface area contributed by atoms with E-state index >= 15 is 0 Å². The Morgan fingerprint density at radius 2 is 2.33 bits per heavy atom. The van der Waals surface area contributed by atoms with Gasteiger partial charge in [0, 0.05) is 45.1 Å². The second kappa shape index (κ2) is 11.7. The number of ether oxygens (including phenoxy) is 1. The van der Waals surface area contributed by atoms with Crippen molar-refractivity contribution in [3.63, 3.8) is 0 Å². The minimum atomic E-state index is 0. The monoisotopic (exact) mass is 449 g/mol. The molecule has 1 aliphatic rings. The molecule has 1 fully saturated rings. The molecule has 0 spiro atoms. The summed E-state index contributed by atoms with van der Waals surface area (Å²) in [5.74, 6) is 3.23. The van der Waals surface area contributed by atoms with E-state index < -0.39 is 0 Å². The Labute approximate surface area is 163 Å². The molecule has 0 saturated carbocycles. The van der Waals surface area contributed by atoms with Crippen LogP contribution in [0.25, 0.3) is 0 Å². The van der Waals surface area contributed by atoms with Crippen LogP contribution in [0.4, 0.5) is 0 Å². The summed E-state index contributed by atoms with van der Waals surface area (Å²) in [6.45, 7) is 11.9. The number of halogens is 1. The zero-order valence-corrected chi connectivity index (χ0v) is 17.5. The minimum Gasteiger partial charge on any atom is -0.469 e. The van der Waals surface area contributed by atoms with Crippen LogP contribution in [0.3, 0.4) is 0 Å². The molecule has 1 aromatic heterocycles. The van der Waals surface area contributed by atoms with Crippen molar-refractivity contribution in [1.82, 2.24) is 10.2 Å². The first-order chi connectivity index (χ1) is 11.2. The largest absolute Gasteiger partial charge is 0.469 e. The maximum absolute atomic E-state index is 5.57. The number of guanidine groups is 1. The summed E-state index contributed by atoms with van der Waals surface area (Å²) in [6, 6.07) is 3.95. The van der Waals surface area contributed by atoms with E-state index in [1.54, 1.807) is 6.26 Å². The molecule has 2 heterocycles. The summed E-state index contributed by atoms with van der Waals surface area (Å²) in [7, 11) is 0. The summed E-state index contributed by atoms with van der Waals surface area (Å²) in [5, 5.41) is 3.51. The van der Waals surface area contributed by atoms with Gasteiger partial charge < -0.3 is 19.4 Å². The lowest BCUT2D eigenvalue weighted by Gasteiger charge is -2.22. The van der Waals surface area contributed by atoms with Gasteiger partial charge >= 0.3 is 0 Å². The quantitative estimate of drug-likeness (QED) is 0.376. The molecule has 1 saturated heterocycles. The Morgan fingerprint density at radius 3 is 3.00 bits per heavy atom. The number of hydrogen-bond donors (Lipinski definition) is 1. The molecular formula is C18H32IN3O2. The van der Waals surface area contributed by atoms with Gasteiger partial charge in [0.25, 0.3) is 0 Å². The van der Waals surface area contributed by atoms with Crippen molar-refractivity contribution < 1.29 is 9.15 Å². The Hall–Kier alpha value is -0.760. The molecule has 0 amide bonds. The third kappa shape index (κ3) is 7.42. The van der Waals surface area contributed by atoms with Crippen LogP contribution >= 0.6 is 24.0 Å². The van der Waals surface area contributed by atoms with E-state index in [9.17, 15) is 0 Å². The van der Waals surface area contributed by atoms with Crippen LogP contribution in [-0.2, 0) is 11.2 Å². The Balaban J connectivity index is 0.00000288. The van der Waals surface area contributed by atoms with Crippen LogP contribution in [0.15, 0.2) is 27.8 Å². The van der Waals surface area contributed by atoms with Gasteiger partial charge in [0.15, 0.2) is 5.96 Å². The number of hydrogen-bond acceptors (Lipinski definition) is 3. The highest BCUT2D eigenvalue weighted by molar-refractivity contribution is 14.0. The van der Waals surface area contributed by atoms with E-state index in [2.05, 4.69) is 31.0 Å². The Bertz CT molecular complexity index is 463. The van der Waals surface area contributed by atoms with Gasteiger partial charge in [-0.2, -0.15) is 0 Å². The average molecular weight is 449 g/mol. The first-order valence-electron chi connectivity index (χ1n) is 8.82. The average Bonchev–Trinajstić information content (AvgIpc) is 3.20. The molecule has 0 aromatic carbocycles. The number of nitrogens with one attached hydrogen (secondary N) is 1. The lowest BCUT2D eigenvalue weighted by Crippen LogP contribution is -2.41. The van der Waals surface area contributed by atoms with Crippen LogP contribution < -0.4 is 5.32 Å². The standard InChI is InChI=1S/C18H31N3O2.HI/c1-4-22-14-16-8-10-21(13-16)18(20-12-15(2)3)19-9-7-17-6-5-11-23-17;/h5-6,11,15-16H,4,7-10,12-14H2,1-3H3,(H,19,20);1H. The van der Waals surface area contributed by atoms with Crippen molar-refractivity contribution in [2.75, 3.05) is 39.4 Å². The van der Waals surface area contributed by atoms with Gasteiger partial charge in [0.05, 0.1) is 12.9 Å². The highest BCUT2D eigenvalue weighted by atomic mass is 127. The van der Waals surface area contributed by atoms with Crippen molar-refractivity contribution in [2.24, 2.45) is 16.8 Å². The fourth-order valence-electron chi connectivity index (χ4n) is 2.73.